The molecule has 2 aromatic heterocycles. The van der Waals surface area contributed by atoms with Crippen molar-refractivity contribution in [3.63, 3.8) is 0 Å². The van der Waals surface area contributed by atoms with Crippen molar-refractivity contribution < 1.29 is 14.9 Å². The summed E-state index contributed by atoms with van der Waals surface area (Å²) < 4.78 is 6.85. The van der Waals surface area contributed by atoms with Crippen molar-refractivity contribution in [2.24, 2.45) is 0 Å². The van der Waals surface area contributed by atoms with E-state index >= 15 is 0 Å². The summed E-state index contributed by atoms with van der Waals surface area (Å²) in [7, 11) is 0. The molecule has 0 radical (unpaired) electrons. The van der Waals surface area contributed by atoms with E-state index in [0.717, 1.165) is 5.56 Å². The molecule has 0 bridgehead atoms. The third kappa shape index (κ3) is 3.06. The standard InChI is InChI=1S/C20H19BrN4O3/c1-20(21)16(27)14(10-26)28-19(20)25-9-13(8-7-12-5-3-2-4-6-12)15-17(22)23-11-24-18(15)25/h2-6,9,11,14,16,19,26-27H,10H2,1H3,(H2,22,23,24)/t14-,16-,19-,20-/m1/s1. The molecule has 8 heteroatoms. The second-order valence-electron chi connectivity index (χ2n) is 6.83. The second-order valence-corrected chi connectivity index (χ2v) is 8.54. The van der Waals surface area contributed by atoms with Crippen LogP contribution in [0.4, 0.5) is 5.82 Å². The van der Waals surface area contributed by atoms with Gasteiger partial charge in [0, 0.05) is 11.8 Å². The van der Waals surface area contributed by atoms with Gasteiger partial charge in [-0.15, -0.1) is 0 Å². The van der Waals surface area contributed by atoms with Crippen molar-refractivity contribution in [2.45, 2.75) is 29.7 Å². The van der Waals surface area contributed by atoms with Crippen LogP contribution in [-0.4, -0.2) is 47.9 Å². The minimum Gasteiger partial charge on any atom is -0.394 e. The largest absolute Gasteiger partial charge is 0.394 e. The Morgan fingerprint density at radius 3 is 2.71 bits per heavy atom. The molecule has 1 aliphatic heterocycles. The summed E-state index contributed by atoms with van der Waals surface area (Å²) in [6, 6.07) is 9.61. The van der Waals surface area contributed by atoms with Gasteiger partial charge in [-0.2, -0.15) is 0 Å². The van der Waals surface area contributed by atoms with E-state index in [1.54, 1.807) is 10.8 Å². The van der Waals surface area contributed by atoms with Crippen molar-refractivity contribution in [2.75, 3.05) is 12.3 Å². The first-order valence-corrected chi connectivity index (χ1v) is 9.54. The number of hydrogen-bond donors (Lipinski definition) is 3. The number of nitrogens with two attached hydrogens (primary N) is 1. The number of hydrogen-bond acceptors (Lipinski definition) is 6. The van der Waals surface area contributed by atoms with Gasteiger partial charge in [-0.1, -0.05) is 46.0 Å². The van der Waals surface area contributed by atoms with Crippen LogP contribution < -0.4 is 5.73 Å². The first kappa shape index (κ1) is 18.9. The molecule has 0 aliphatic carbocycles. The van der Waals surface area contributed by atoms with E-state index in [-0.39, 0.29) is 6.61 Å². The number of halogens is 1. The lowest BCUT2D eigenvalue weighted by Gasteiger charge is -2.27. The fourth-order valence-electron chi connectivity index (χ4n) is 3.41. The lowest BCUT2D eigenvalue weighted by Crippen LogP contribution is -2.39. The third-order valence-corrected chi connectivity index (χ3v) is 5.76. The first-order valence-electron chi connectivity index (χ1n) is 8.75. The van der Waals surface area contributed by atoms with E-state index in [9.17, 15) is 10.2 Å². The molecule has 28 heavy (non-hydrogen) atoms. The fourth-order valence-corrected chi connectivity index (χ4v) is 4.03. The van der Waals surface area contributed by atoms with Crippen LogP contribution in [0.2, 0.25) is 0 Å². The van der Waals surface area contributed by atoms with Crippen LogP contribution in [0.3, 0.4) is 0 Å². The average Bonchev–Trinajstić information content (AvgIpc) is 3.17. The molecule has 1 saturated heterocycles. The van der Waals surface area contributed by atoms with E-state index in [2.05, 4.69) is 37.7 Å². The summed E-state index contributed by atoms with van der Waals surface area (Å²) in [5.74, 6) is 6.57. The highest BCUT2D eigenvalue weighted by molar-refractivity contribution is 9.10. The number of benzene rings is 1. The van der Waals surface area contributed by atoms with E-state index < -0.39 is 22.8 Å². The molecule has 1 aromatic carbocycles. The summed E-state index contributed by atoms with van der Waals surface area (Å²) in [4.78, 5) is 8.45. The number of rotatable bonds is 2. The van der Waals surface area contributed by atoms with Crippen LogP contribution in [0.5, 0.6) is 0 Å². The highest BCUT2D eigenvalue weighted by atomic mass is 79.9. The highest BCUT2D eigenvalue weighted by Gasteiger charge is 2.52. The molecule has 7 nitrogen and oxygen atoms in total. The fraction of sp³-hybridized carbons (Fsp3) is 0.300. The van der Waals surface area contributed by atoms with E-state index in [0.29, 0.717) is 22.4 Å². The SMILES string of the molecule is C[C@@]1(Br)[C@H](O)[C@@H](CO)O[C@H]1n1cc(C#Cc2ccccc2)c2c(N)ncnc21. The number of aromatic nitrogens is 3. The average molecular weight is 443 g/mol. The number of aliphatic hydroxyl groups excluding tert-OH is 2. The molecule has 1 aliphatic rings. The van der Waals surface area contributed by atoms with Gasteiger partial charge in [0.1, 0.15) is 30.0 Å². The third-order valence-electron chi connectivity index (χ3n) is 4.90. The topological polar surface area (TPSA) is 106 Å². The Morgan fingerprint density at radius 2 is 2.04 bits per heavy atom. The number of alkyl halides is 1. The van der Waals surface area contributed by atoms with Crippen LogP contribution >= 0.6 is 15.9 Å². The maximum Gasteiger partial charge on any atom is 0.153 e. The molecule has 4 N–H and O–H groups in total. The summed E-state index contributed by atoms with van der Waals surface area (Å²) in [6.45, 7) is 1.51. The van der Waals surface area contributed by atoms with E-state index in [1.807, 2.05) is 37.3 Å². The van der Waals surface area contributed by atoms with E-state index in [4.69, 9.17) is 10.5 Å². The zero-order valence-corrected chi connectivity index (χ0v) is 16.7. The number of anilines is 1. The van der Waals surface area contributed by atoms with Gasteiger partial charge >= 0.3 is 0 Å². The zero-order chi connectivity index (χ0) is 19.9. The van der Waals surface area contributed by atoms with Gasteiger partial charge in [0.15, 0.2) is 6.23 Å². The van der Waals surface area contributed by atoms with Crippen LogP contribution in [0.1, 0.15) is 24.3 Å². The molecular formula is C20H19BrN4O3. The van der Waals surface area contributed by atoms with E-state index in [1.165, 1.54) is 6.33 Å². The molecule has 3 aromatic rings. The van der Waals surface area contributed by atoms with Gasteiger partial charge < -0.3 is 25.3 Å². The quantitative estimate of drug-likeness (QED) is 0.412. The molecule has 1 fully saturated rings. The lowest BCUT2D eigenvalue weighted by atomic mass is 10.0. The molecule has 4 atom stereocenters. The Labute approximate surface area is 170 Å². The molecule has 4 rings (SSSR count). The summed E-state index contributed by atoms with van der Waals surface area (Å²) in [5.41, 5.74) is 8.19. The molecular weight excluding hydrogens is 424 g/mol. The second kappa shape index (κ2) is 7.18. The number of ether oxygens (including phenoxy) is 1. The van der Waals surface area contributed by atoms with Gasteiger partial charge in [0.05, 0.1) is 21.9 Å². The molecule has 3 heterocycles. The predicted octanol–water partition coefficient (Wildman–Crippen LogP) is 1.82. The number of fused-ring (bicyclic) bond motifs is 1. The Balaban J connectivity index is 1.85. The molecule has 0 amide bonds. The van der Waals surface area contributed by atoms with Gasteiger partial charge in [-0.3, -0.25) is 0 Å². The van der Waals surface area contributed by atoms with Crippen LogP contribution in [0.15, 0.2) is 42.9 Å². The highest BCUT2D eigenvalue weighted by Crippen LogP contribution is 2.46. The molecule has 144 valence electrons. The lowest BCUT2D eigenvalue weighted by molar-refractivity contribution is -0.0437. The summed E-state index contributed by atoms with van der Waals surface area (Å²) >= 11 is 3.56. The minimum absolute atomic E-state index is 0.296. The Hall–Kier alpha value is -2.44. The summed E-state index contributed by atoms with van der Waals surface area (Å²) in [5, 5.41) is 20.7. The molecule has 0 unspecified atom stereocenters. The Morgan fingerprint density at radius 1 is 1.29 bits per heavy atom. The molecule has 0 spiro atoms. The number of nitrogen functional groups attached to an aromatic ring is 1. The number of nitrogens with zero attached hydrogens (tertiary/aromatic N) is 3. The van der Waals surface area contributed by atoms with Crippen molar-refractivity contribution in [1.82, 2.24) is 14.5 Å². The first-order chi connectivity index (χ1) is 13.4. The van der Waals surface area contributed by atoms with Crippen LogP contribution in [0.25, 0.3) is 11.0 Å². The van der Waals surface area contributed by atoms with Crippen molar-refractivity contribution >= 4 is 32.8 Å². The normalized spacial score (nSPS) is 26.9. The maximum absolute atomic E-state index is 10.5. The van der Waals surface area contributed by atoms with Gasteiger partial charge in [-0.05, 0) is 19.1 Å². The smallest absolute Gasteiger partial charge is 0.153 e. The molecule has 0 saturated carbocycles. The predicted molar refractivity (Wildman–Crippen MR) is 109 cm³/mol. The van der Waals surface area contributed by atoms with Crippen molar-refractivity contribution in [1.29, 1.82) is 0 Å². The Kier molecular flexibility index (Phi) is 4.85. The monoisotopic (exact) mass is 442 g/mol. The van der Waals surface area contributed by atoms with Crippen molar-refractivity contribution in [3.05, 3.63) is 54.0 Å². The van der Waals surface area contributed by atoms with Crippen LogP contribution in [-0.2, 0) is 4.74 Å². The van der Waals surface area contributed by atoms with Crippen LogP contribution in [0, 0.1) is 11.8 Å². The van der Waals surface area contributed by atoms with Gasteiger partial charge in [0.25, 0.3) is 0 Å². The van der Waals surface area contributed by atoms with Gasteiger partial charge in [-0.25, -0.2) is 9.97 Å². The van der Waals surface area contributed by atoms with Crippen molar-refractivity contribution in [3.8, 4) is 11.8 Å². The van der Waals surface area contributed by atoms with Gasteiger partial charge in [0.2, 0.25) is 0 Å². The Bertz CT molecular complexity index is 1070. The number of aliphatic hydroxyl groups is 2. The minimum atomic E-state index is -0.905. The maximum atomic E-state index is 10.5. The zero-order valence-electron chi connectivity index (χ0n) is 15.1. The summed E-state index contributed by atoms with van der Waals surface area (Å²) in [6.07, 6.45) is 0.928.